The fraction of sp³-hybridized carbons (Fsp3) is 0.636. The van der Waals surface area contributed by atoms with Gasteiger partial charge >= 0.3 is 0 Å². The van der Waals surface area contributed by atoms with Crippen LogP contribution >= 0.6 is 0 Å². The Morgan fingerprint density at radius 3 is 3.12 bits per heavy atom. The van der Waals surface area contributed by atoms with Gasteiger partial charge in [-0.3, -0.25) is 4.90 Å². The van der Waals surface area contributed by atoms with Crippen molar-refractivity contribution in [2.75, 3.05) is 19.6 Å². The average Bonchev–Trinajstić information content (AvgIpc) is 2.86. The summed E-state index contributed by atoms with van der Waals surface area (Å²) < 4.78 is 1.68. The molecular weight excluding hydrogens is 204 g/mol. The van der Waals surface area contributed by atoms with Gasteiger partial charge in [-0.2, -0.15) is 0 Å². The number of aliphatic hydroxyl groups is 1. The SMILES string of the molecule is CC#CCN1CCC(O)(Cn2ccnn2)C1. The van der Waals surface area contributed by atoms with E-state index in [1.54, 1.807) is 17.1 Å². The summed E-state index contributed by atoms with van der Waals surface area (Å²) in [6, 6.07) is 0. The first-order valence-electron chi connectivity index (χ1n) is 5.40. The average molecular weight is 220 g/mol. The first-order valence-corrected chi connectivity index (χ1v) is 5.40. The smallest absolute Gasteiger partial charge is 0.0981 e. The van der Waals surface area contributed by atoms with Gasteiger partial charge in [0.1, 0.15) is 0 Å². The summed E-state index contributed by atoms with van der Waals surface area (Å²) in [7, 11) is 0. The van der Waals surface area contributed by atoms with Gasteiger partial charge in [0.25, 0.3) is 0 Å². The van der Waals surface area contributed by atoms with Crippen LogP contribution in [0.25, 0.3) is 0 Å². The lowest BCUT2D eigenvalue weighted by Gasteiger charge is -2.22. The number of β-amino-alcohol motifs (C(OH)–C–C–N with tert-alkyl or cyclic N) is 1. The van der Waals surface area contributed by atoms with Crippen LogP contribution in [0.3, 0.4) is 0 Å². The number of nitrogens with zero attached hydrogens (tertiary/aromatic N) is 4. The van der Waals surface area contributed by atoms with Gasteiger partial charge in [-0.1, -0.05) is 11.1 Å². The van der Waals surface area contributed by atoms with E-state index < -0.39 is 5.60 Å². The normalized spacial score (nSPS) is 25.4. The minimum atomic E-state index is -0.691. The fourth-order valence-electron chi connectivity index (χ4n) is 2.01. The Balaban J connectivity index is 1.92. The van der Waals surface area contributed by atoms with Crippen LogP contribution < -0.4 is 0 Å². The molecule has 0 bridgehead atoms. The second-order valence-electron chi connectivity index (χ2n) is 4.21. The van der Waals surface area contributed by atoms with Crippen molar-refractivity contribution in [1.29, 1.82) is 0 Å². The second kappa shape index (κ2) is 4.64. The van der Waals surface area contributed by atoms with Crippen LogP contribution in [-0.2, 0) is 6.54 Å². The molecular formula is C11H16N4O. The lowest BCUT2D eigenvalue weighted by molar-refractivity contribution is 0.0294. The van der Waals surface area contributed by atoms with Gasteiger partial charge in [0, 0.05) is 19.3 Å². The Hall–Kier alpha value is -1.38. The molecule has 0 spiro atoms. The van der Waals surface area contributed by atoms with Crippen molar-refractivity contribution >= 4 is 0 Å². The number of likely N-dealkylation sites (tertiary alicyclic amines) is 1. The molecule has 2 heterocycles. The zero-order valence-electron chi connectivity index (χ0n) is 9.43. The highest BCUT2D eigenvalue weighted by atomic mass is 16.3. The molecule has 1 saturated heterocycles. The van der Waals surface area contributed by atoms with E-state index >= 15 is 0 Å². The molecule has 5 nitrogen and oxygen atoms in total. The first-order chi connectivity index (χ1) is 7.72. The van der Waals surface area contributed by atoms with Crippen LogP contribution in [0.2, 0.25) is 0 Å². The second-order valence-corrected chi connectivity index (χ2v) is 4.21. The number of aromatic nitrogens is 3. The molecule has 1 N–H and O–H groups in total. The van der Waals surface area contributed by atoms with Gasteiger partial charge in [0.15, 0.2) is 0 Å². The maximum Gasteiger partial charge on any atom is 0.0981 e. The molecule has 1 aromatic rings. The van der Waals surface area contributed by atoms with E-state index in [1.807, 2.05) is 6.92 Å². The van der Waals surface area contributed by atoms with E-state index in [9.17, 15) is 5.11 Å². The third-order valence-corrected chi connectivity index (χ3v) is 2.82. The molecule has 86 valence electrons. The molecule has 1 aliphatic rings. The molecule has 0 radical (unpaired) electrons. The van der Waals surface area contributed by atoms with Gasteiger partial charge in [-0.15, -0.1) is 11.0 Å². The van der Waals surface area contributed by atoms with Crippen molar-refractivity contribution in [3.05, 3.63) is 12.4 Å². The van der Waals surface area contributed by atoms with Crippen LogP contribution in [0.5, 0.6) is 0 Å². The van der Waals surface area contributed by atoms with Crippen LogP contribution in [0, 0.1) is 11.8 Å². The molecule has 0 aromatic carbocycles. The van der Waals surface area contributed by atoms with E-state index in [4.69, 9.17) is 0 Å². The number of rotatable bonds is 3. The Kier molecular flexibility index (Phi) is 3.22. The van der Waals surface area contributed by atoms with Gasteiger partial charge in [-0.05, 0) is 13.3 Å². The lowest BCUT2D eigenvalue weighted by Crippen LogP contribution is -2.37. The largest absolute Gasteiger partial charge is 0.387 e. The van der Waals surface area contributed by atoms with Crippen molar-refractivity contribution in [2.24, 2.45) is 0 Å². The molecule has 16 heavy (non-hydrogen) atoms. The summed E-state index contributed by atoms with van der Waals surface area (Å²) in [6.07, 6.45) is 4.16. The summed E-state index contributed by atoms with van der Waals surface area (Å²) in [5, 5.41) is 18.0. The standard InChI is InChI=1S/C11H16N4O/c1-2-3-6-14-7-4-11(16,9-14)10-15-8-5-12-13-15/h5,8,16H,4,6-7,9-10H2,1H3. The van der Waals surface area contributed by atoms with E-state index in [-0.39, 0.29) is 0 Å². The summed E-state index contributed by atoms with van der Waals surface area (Å²) >= 11 is 0. The van der Waals surface area contributed by atoms with E-state index in [0.717, 1.165) is 19.5 Å². The minimum Gasteiger partial charge on any atom is -0.387 e. The lowest BCUT2D eigenvalue weighted by atomic mass is 10.0. The Bertz CT molecular complexity index is 392. The molecule has 1 aromatic heterocycles. The minimum absolute atomic E-state index is 0.503. The topological polar surface area (TPSA) is 54.2 Å². The van der Waals surface area contributed by atoms with E-state index in [1.165, 1.54) is 0 Å². The Morgan fingerprint density at radius 1 is 1.56 bits per heavy atom. The molecule has 2 rings (SSSR count). The highest BCUT2D eigenvalue weighted by Gasteiger charge is 2.36. The van der Waals surface area contributed by atoms with Gasteiger partial charge in [-0.25, -0.2) is 4.68 Å². The molecule has 1 fully saturated rings. The first kappa shape index (κ1) is 11.1. The Labute approximate surface area is 95.1 Å². The highest BCUT2D eigenvalue weighted by molar-refractivity contribution is 5.01. The van der Waals surface area contributed by atoms with Crippen molar-refractivity contribution in [3.63, 3.8) is 0 Å². The van der Waals surface area contributed by atoms with E-state index in [0.29, 0.717) is 13.1 Å². The third kappa shape index (κ3) is 2.60. The third-order valence-electron chi connectivity index (χ3n) is 2.82. The molecule has 1 atom stereocenters. The quantitative estimate of drug-likeness (QED) is 0.713. The van der Waals surface area contributed by atoms with E-state index in [2.05, 4.69) is 27.1 Å². The Morgan fingerprint density at radius 2 is 2.44 bits per heavy atom. The maximum atomic E-state index is 10.4. The molecule has 1 aliphatic heterocycles. The molecule has 1 unspecified atom stereocenters. The van der Waals surface area contributed by atoms with Crippen LogP contribution in [0.4, 0.5) is 0 Å². The van der Waals surface area contributed by atoms with Crippen molar-refractivity contribution in [2.45, 2.75) is 25.5 Å². The van der Waals surface area contributed by atoms with Crippen molar-refractivity contribution < 1.29 is 5.11 Å². The predicted octanol–water partition coefficient (Wildman–Crippen LogP) is -0.262. The number of hydrogen-bond acceptors (Lipinski definition) is 4. The van der Waals surface area contributed by atoms with Crippen LogP contribution in [0.1, 0.15) is 13.3 Å². The van der Waals surface area contributed by atoms with Gasteiger partial charge in [0.2, 0.25) is 0 Å². The zero-order chi connectivity index (χ0) is 11.4. The molecule has 0 saturated carbocycles. The molecule has 5 heteroatoms. The van der Waals surface area contributed by atoms with Crippen molar-refractivity contribution in [3.8, 4) is 11.8 Å². The summed E-state index contributed by atoms with van der Waals surface area (Å²) in [4.78, 5) is 2.16. The van der Waals surface area contributed by atoms with Crippen LogP contribution in [-0.4, -0.2) is 50.2 Å². The zero-order valence-corrected chi connectivity index (χ0v) is 9.43. The maximum absolute atomic E-state index is 10.4. The van der Waals surface area contributed by atoms with Gasteiger partial charge < -0.3 is 5.11 Å². The van der Waals surface area contributed by atoms with Gasteiger partial charge in [0.05, 0.1) is 24.9 Å². The monoisotopic (exact) mass is 220 g/mol. The summed E-state index contributed by atoms with van der Waals surface area (Å²) in [5.74, 6) is 5.88. The van der Waals surface area contributed by atoms with Crippen LogP contribution in [0.15, 0.2) is 12.4 Å². The predicted molar refractivity (Wildman–Crippen MR) is 59.5 cm³/mol. The molecule has 0 aliphatic carbocycles. The molecule has 0 amide bonds. The number of hydrogen-bond donors (Lipinski definition) is 1. The fourth-order valence-corrected chi connectivity index (χ4v) is 2.01. The highest BCUT2D eigenvalue weighted by Crippen LogP contribution is 2.22. The van der Waals surface area contributed by atoms with Crippen molar-refractivity contribution in [1.82, 2.24) is 19.9 Å². The summed E-state index contributed by atoms with van der Waals surface area (Å²) in [6.45, 7) is 4.61. The summed E-state index contributed by atoms with van der Waals surface area (Å²) in [5.41, 5.74) is -0.691.